The predicted octanol–water partition coefficient (Wildman–Crippen LogP) is 10.8. The van der Waals surface area contributed by atoms with Crippen molar-refractivity contribution in [1.82, 2.24) is 15.0 Å². The molecule has 2 heterocycles. The average Bonchev–Trinajstić information content (AvgIpc) is 3.43. The largest absolute Gasteiger partial charge is 0.226 e. The second-order valence-electron chi connectivity index (χ2n) is 10.2. The highest BCUT2D eigenvalue weighted by atomic mass is 35.5. The van der Waals surface area contributed by atoms with Gasteiger partial charge < -0.3 is 0 Å². The second kappa shape index (κ2) is 9.88. The molecule has 0 unspecified atom stereocenters. The fourth-order valence-corrected chi connectivity index (χ4v) is 7.39. The van der Waals surface area contributed by atoms with Gasteiger partial charge in [-0.15, -0.1) is 11.3 Å². The zero-order valence-electron chi connectivity index (χ0n) is 22.4. The zero-order valence-corrected chi connectivity index (χ0v) is 24.0. The van der Waals surface area contributed by atoms with Crippen molar-refractivity contribution in [1.29, 1.82) is 0 Å². The number of halogens is 1. The van der Waals surface area contributed by atoms with Crippen LogP contribution in [0.25, 0.3) is 81.7 Å². The maximum atomic E-state index is 6.59. The smallest absolute Gasteiger partial charge is 0.208 e. The van der Waals surface area contributed by atoms with Gasteiger partial charge in [-0.05, 0) is 62.0 Å². The number of benzene rings is 6. The second-order valence-corrected chi connectivity index (χ2v) is 11.6. The van der Waals surface area contributed by atoms with Crippen LogP contribution in [0.2, 0.25) is 5.28 Å². The highest BCUT2D eigenvalue weighted by Crippen LogP contribution is 2.43. The number of nitrogens with zero attached hydrogens (tertiary/aromatic N) is 3. The number of rotatable bonds is 4. The van der Waals surface area contributed by atoms with Gasteiger partial charge in [0.05, 0.1) is 0 Å². The van der Waals surface area contributed by atoms with Crippen molar-refractivity contribution in [2.75, 3.05) is 0 Å². The van der Waals surface area contributed by atoms with E-state index in [9.17, 15) is 0 Å². The molecule has 0 N–H and O–H groups in total. The summed E-state index contributed by atoms with van der Waals surface area (Å²) in [6, 6.07) is 40.2. The van der Waals surface area contributed by atoms with E-state index in [-0.39, 0.29) is 5.28 Å². The summed E-state index contributed by atoms with van der Waals surface area (Å²) >= 11 is 8.35. The van der Waals surface area contributed by atoms with Gasteiger partial charge in [-0.1, -0.05) is 116 Å². The van der Waals surface area contributed by atoms with E-state index in [1.807, 2.05) is 6.08 Å². The van der Waals surface area contributed by atoms with Crippen LogP contribution in [0.1, 0.15) is 5.56 Å². The molecule has 0 amide bonds. The van der Waals surface area contributed by atoms with Crippen molar-refractivity contribution in [3.8, 4) is 33.9 Å². The maximum Gasteiger partial charge on any atom is 0.226 e. The quantitative estimate of drug-likeness (QED) is 0.196. The van der Waals surface area contributed by atoms with E-state index in [1.54, 1.807) is 11.3 Å². The minimum Gasteiger partial charge on any atom is -0.208 e. The lowest BCUT2D eigenvalue weighted by Crippen LogP contribution is -1.98. The Morgan fingerprint density at radius 3 is 2.00 bits per heavy atom. The highest BCUT2D eigenvalue weighted by Gasteiger charge is 2.18. The van der Waals surface area contributed by atoms with E-state index in [0.717, 1.165) is 32.2 Å². The van der Waals surface area contributed by atoms with Gasteiger partial charge in [-0.2, -0.15) is 9.97 Å². The van der Waals surface area contributed by atoms with Crippen LogP contribution in [0.4, 0.5) is 0 Å². The van der Waals surface area contributed by atoms with Crippen LogP contribution < -0.4 is 0 Å². The third-order valence-electron chi connectivity index (χ3n) is 7.83. The molecule has 0 aliphatic heterocycles. The van der Waals surface area contributed by atoms with Gasteiger partial charge in [0.2, 0.25) is 5.28 Å². The van der Waals surface area contributed by atoms with E-state index in [4.69, 9.17) is 16.6 Å². The summed E-state index contributed by atoms with van der Waals surface area (Å²) in [6.07, 6.45) is 1.88. The summed E-state index contributed by atoms with van der Waals surface area (Å²) in [5.41, 5.74) is 5.33. The standard InChI is InChI=1S/C37H22ClN3S/c1-2-22-9-5-11-24(21-22)26-13-6-15-29-30-16-8-18-32(34(30)42-33(26)29)36-39-35(40-37(38)41-36)31-17-7-14-27-25-12-4-3-10-23(25)19-20-28(27)31/h2-21H,1H2. The summed E-state index contributed by atoms with van der Waals surface area (Å²) in [5, 5.41) is 7.18. The Morgan fingerprint density at radius 1 is 0.548 bits per heavy atom. The van der Waals surface area contributed by atoms with E-state index in [1.165, 1.54) is 37.4 Å². The number of thiophene rings is 1. The summed E-state index contributed by atoms with van der Waals surface area (Å²) in [7, 11) is 0. The third-order valence-corrected chi connectivity index (χ3v) is 9.29. The maximum absolute atomic E-state index is 6.59. The molecule has 5 heteroatoms. The molecule has 0 spiro atoms. The van der Waals surface area contributed by atoms with Gasteiger partial charge in [0.25, 0.3) is 0 Å². The van der Waals surface area contributed by atoms with Crippen LogP contribution in [0.3, 0.4) is 0 Å². The average molecular weight is 576 g/mol. The van der Waals surface area contributed by atoms with Crippen LogP contribution in [0, 0.1) is 0 Å². The molecule has 8 rings (SSSR count). The van der Waals surface area contributed by atoms with Gasteiger partial charge in [0, 0.05) is 31.3 Å². The fourth-order valence-electron chi connectivity index (χ4n) is 5.88. The molecule has 0 radical (unpaired) electrons. The Kier molecular flexibility index (Phi) is 5.85. The van der Waals surface area contributed by atoms with Crippen LogP contribution in [-0.2, 0) is 0 Å². The minimum absolute atomic E-state index is 0.174. The van der Waals surface area contributed by atoms with Gasteiger partial charge >= 0.3 is 0 Å². The Balaban J connectivity index is 1.33. The first-order valence-corrected chi connectivity index (χ1v) is 14.9. The van der Waals surface area contributed by atoms with E-state index in [0.29, 0.717) is 11.6 Å². The number of hydrogen-bond acceptors (Lipinski definition) is 4. The van der Waals surface area contributed by atoms with Crippen molar-refractivity contribution >= 4 is 70.7 Å². The fraction of sp³-hybridized carbons (Fsp3) is 0. The van der Waals surface area contributed by atoms with Crippen molar-refractivity contribution in [3.05, 3.63) is 133 Å². The number of aromatic nitrogens is 3. The predicted molar refractivity (Wildman–Crippen MR) is 179 cm³/mol. The van der Waals surface area contributed by atoms with Crippen molar-refractivity contribution in [2.24, 2.45) is 0 Å². The lowest BCUT2D eigenvalue weighted by atomic mass is 9.98. The lowest BCUT2D eigenvalue weighted by Gasteiger charge is -2.10. The highest BCUT2D eigenvalue weighted by molar-refractivity contribution is 7.26. The first-order valence-electron chi connectivity index (χ1n) is 13.7. The molecule has 3 nitrogen and oxygen atoms in total. The molecule has 0 atom stereocenters. The van der Waals surface area contributed by atoms with Gasteiger partial charge in [0.15, 0.2) is 11.6 Å². The van der Waals surface area contributed by atoms with Crippen molar-refractivity contribution in [2.45, 2.75) is 0 Å². The zero-order chi connectivity index (χ0) is 28.2. The van der Waals surface area contributed by atoms with E-state index < -0.39 is 0 Å². The molecule has 0 saturated heterocycles. The molecule has 198 valence electrons. The summed E-state index contributed by atoms with van der Waals surface area (Å²) < 4.78 is 2.35. The van der Waals surface area contributed by atoms with Crippen molar-refractivity contribution in [3.63, 3.8) is 0 Å². The molecule has 2 aromatic heterocycles. The van der Waals surface area contributed by atoms with Crippen molar-refractivity contribution < 1.29 is 0 Å². The number of fused-ring (bicyclic) bond motifs is 6. The molecular weight excluding hydrogens is 554 g/mol. The Hall–Kier alpha value is -4.90. The number of hydrogen-bond donors (Lipinski definition) is 0. The first kappa shape index (κ1) is 24.9. The summed E-state index contributed by atoms with van der Waals surface area (Å²) in [4.78, 5) is 14.2. The summed E-state index contributed by atoms with van der Waals surface area (Å²) in [6.45, 7) is 3.95. The first-order chi connectivity index (χ1) is 20.7. The molecule has 0 saturated carbocycles. The van der Waals surface area contributed by atoms with Crippen LogP contribution >= 0.6 is 22.9 Å². The molecular formula is C37H22ClN3S. The molecule has 8 aromatic rings. The molecule has 0 aliphatic carbocycles. The van der Waals surface area contributed by atoms with Crippen LogP contribution in [-0.4, -0.2) is 15.0 Å². The molecule has 0 fully saturated rings. The molecule has 0 aliphatic rings. The Bertz CT molecular complexity index is 2350. The van der Waals surface area contributed by atoms with E-state index >= 15 is 0 Å². The molecule has 42 heavy (non-hydrogen) atoms. The minimum atomic E-state index is 0.174. The van der Waals surface area contributed by atoms with Gasteiger partial charge in [0.1, 0.15) is 0 Å². The Labute approximate surface area is 251 Å². The lowest BCUT2D eigenvalue weighted by molar-refractivity contribution is 1.07. The van der Waals surface area contributed by atoms with Crippen LogP contribution in [0.15, 0.2) is 122 Å². The topological polar surface area (TPSA) is 38.7 Å². The Morgan fingerprint density at radius 2 is 1.19 bits per heavy atom. The molecule has 6 aromatic carbocycles. The van der Waals surface area contributed by atoms with Crippen LogP contribution in [0.5, 0.6) is 0 Å². The monoisotopic (exact) mass is 575 g/mol. The normalized spacial score (nSPS) is 11.5. The van der Waals surface area contributed by atoms with Gasteiger partial charge in [-0.3, -0.25) is 0 Å². The summed E-state index contributed by atoms with van der Waals surface area (Å²) in [5.74, 6) is 1.13. The third kappa shape index (κ3) is 3.99. The molecule has 0 bridgehead atoms. The van der Waals surface area contributed by atoms with E-state index in [2.05, 4.69) is 132 Å². The SMILES string of the molecule is C=Cc1cccc(-c2cccc3c2sc2c(-c4nc(Cl)nc(-c5cccc6c5ccc5ccccc56)n4)cccc23)c1. The van der Waals surface area contributed by atoms with Gasteiger partial charge in [-0.25, -0.2) is 4.98 Å².